The zero-order chi connectivity index (χ0) is 15.7. The van der Waals surface area contributed by atoms with Crippen molar-refractivity contribution in [2.24, 2.45) is 0 Å². The van der Waals surface area contributed by atoms with Gasteiger partial charge in [-0.15, -0.1) is 0 Å². The van der Waals surface area contributed by atoms with Crippen molar-refractivity contribution in [1.29, 1.82) is 0 Å². The molecule has 0 atom stereocenters. The van der Waals surface area contributed by atoms with Crippen molar-refractivity contribution in [1.82, 2.24) is 9.97 Å². The van der Waals surface area contributed by atoms with Crippen LogP contribution in [0.2, 0.25) is 0 Å². The molecule has 0 aliphatic rings. The van der Waals surface area contributed by atoms with Gasteiger partial charge in [-0.3, -0.25) is 4.72 Å². The van der Waals surface area contributed by atoms with Gasteiger partial charge in [0.15, 0.2) is 0 Å². The lowest BCUT2D eigenvalue weighted by Gasteiger charge is -2.07. The summed E-state index contributed by atoms with van der Waals surface area (Å²) >= 11 is 0. The molecule has 7 nitrogen and oxygen atoms in total. The molecule has 0 unspecified atom stereocenters. The van der Waals surface area contributed by atoms with Crippen LogP contribution in [-0.2, 0) is 10.0 Å². The van der Waals surface area contributed by atoms with Crippen molar-refractivity contribution in [2.45, 2.75) is 4.90 Å². The number of hydrogen-bond acceptors (Lipinski definition) is 4. The highest BCUT2D eigenvalue weighted by molar-refractivity contribution is 7.93. The smallest absolute Gasteiger partial charge is 0.335 e. The molecule has 0 saturated carbocycles. The number of nitrogens with one attached hydrogen (secondary N) is 2. The number of sulfonamides is 1. The summed E-state index contributed by atoms with van der Waals surface area (Å²) in [5.41, 5.74) is 0.640. The van der Waals surface area contributed by atoms with Crippen molar-refractivity contribution in [2.75, 3.05) is 4.72 Å². The topological polar surface area (TPSA) is 112 Å². The first kappa shape index (κ1) is 14.1. The monoisotopic (exact) mass is 317 g/mol. The highest BCUT2D eigenvalue weighted by Crippen LogP contribution is 2.23. The second-order valence-corrected chi connectivity index (χ2v) is 6.19. The van der Waals surface area contributed by atoms with E-state index in [1.165, 1.54) is 30.5 Å². The molecule has 0 saturated heterocycles. The Kier molecular flexibility index (Phi) is 3.30. The number of pyridine rings is 1. The van der Waals surface area contributed by atoms with E-state index in [4.69, 9.17) is 5.11 Å². The molecule has 2 heterocycles. The van der Waals surface area contributed by atoms with Crippen LogP contribution in [0.3, 0.4) is 0 Å². The molecule has 0 radical (unpaired) electrons. The lowest BCUT2D eigenvalue weighted by atomic mass is 10.2. The highest BCUT2D eigenvalue weighted by Gasteiger charge is 2.19. The summed E-state index contributed by atoms with van der Waals surface area (Å²) in [4.78, 5) is 17.8. The molecule has 0 bridgehead atoms. The number of benzene rings is 1. The van der Waals surface area contributed by atoms with E-state index in [1.807, 2.05) is 0 Å². The zero-order valence-electron chi connectivity index (χ0n) is 11.1. The third-order valence-electron chi connectivity index (χ3n) is 3.06. The van der Waals surface area contributed by atoms with E-state index in [1.54, 1.807) is 18.3 Å². The second-order valence-electron chi connectivity index (χ2n) is 4.54. The standard InChI is InChI=1S/C14H11N3O4S/c18-14(19)9-3-1-4-10(7-9)17-22(20,21)12-8-16-13-11(12)5-2-6-15-13/h1-8,17H,(H,15,16)(H,18,19). The Hall–Kier alpha value is -2.87. The first-order chi connectivity index (χ1) is 10.5. The molecule has 0 fully saturated rings. The van der Waals surface area contributed by atoms with Crippen molar-refractivity contribution in [3.8, 4) is 0 Å². The Balaban J connectivity index is 2.00. The van der Waals surface area contributed by atoms with Gasteiger partial charge in [0, 0.05) is 23.5 Å². The van der Waals surface area contributed by atoms with Gasteiger partial charge in [-0.1, -0.05) is 6.07 Å². The minimum Gasteiger partial charge on any atom is -0.478 e. The molecule has 3 rings (SSSR count). The quantitative estimate of drug-likeness (QED) is 0.682. The van der Waals surface area contributed by atoms with Crippen molar-refractivity contribution in [3.05, 3.63) is 54.4 Å². The largest absolute Gasteiger partial charge is 0.478 e. The van der Waals surface area contributed by atoms with Crippen LogP contribution < -0.4 is 4.72 Å². The summed E-state index contributed by atoms with van der Waals surface area (Å²) in [6.07, 6.45) is 2.90. The average molecular weight is 317 g/mol. The van der Waals surface area contributed by atoms with Crippen LogP contribution in [0.15, 0.2) is 53.7 Å². The van der Waals surface area contributed by atoms with Gasteiger partial charge in [0.05, 0.1) is 5.56 Å². The number of fused-ring (bicyclic) bond motifs is 1. The van der Waals surface area contributed by atoms with Gasteiger partial charge in [-0.05, 0) is 30.3 Å². The summed E-state index contributed by atoms with van der Waals surface area (Å²) in [5.74, 6) is -1.13. The molecule has 22 heavy (non-hydrogen) atoms. The van der Waals surface area contributed by atoms with E-state index in [9.17, 15) is 13.2 Å². The summed E-state index contributed by atoms with van der Waals surface area (Å²) in [6, 6.07) is 8.87. The van der Waals surface area contributed by atoms with E-state index in [2.05, 4.69) is 14.7 Å². The van der Waals surface area contributed by atoms with E-state index in [0.717, 1.165) is 0 Å². The molecule has 3 N–H and O–H groups in total. The van der Waals surface area contributed by atoms with Crippen LogP contribution in [0.1, 0.15) is 10.4 Å². The molecular formula is C14H11N3O4S. The number of carboxylic acids is 1. The first-order valence-corrected chi connectivity index (χ1v) is 7.74. The van der Waals surface area contributed by atoms with E-state index in [0.29, 0.717) is 11.0 Å². The molecule has 0 aliphatic heterocycles. The van der Waals surface area contributed by atoms with Crippen LogP contribution >= 0.6 is 0 Å². The highest BCUT2D eigenvalue weighted by atomic mass is 32.2. The number of anilines is 1. The first-order valence-electron chi connectivity index (χ1n) is 6.26. The Morgan fingerprint density at radius 1 is 1.23 bits per heavy atom. The summed E-state index contributed by atoms with van der Waals surface area (Å²) in [7, 11) is -3.85. The van der Waals surface area contributed by atoms with Crippen LogP contribution in [0.5, 0.6) is 0 Å². The number of rotatable bonds is 4. The van der Waals surface area contributed by atoms with Gasteiger partial charge >= 0.3 is 5.97 Å². The predicted octanol–water partition coefficient (Wildman–Crippen LogP) is 2.06. The van der Waals surface area contributed by atoms with Crippen LogP contribution in [0, 0.1) is 0 Å². The fraction of sp³-hybridized carbons (Fsp3) is 0. The number of carbonyl (C=O) groups is 1. The third-order valence-corrected chi connectivity index (χ3v) is 4.49. The lowest BCUT2D eigenvalue weighted by Crippen LogP contribution is -2.13. The van der Waals surface area contributed by atoms with Gasteiger partial charge in [0.1, 0.15) is 10.5 Å². The number of H-pyrrole nitrogens is 1. The van der Waals surface area contributed by atoms with Gasteiger partial charge in [-0.2, -0.15) is 0 Å². The Morgan fingerprint density at radius 3 is 2.82 bits per heavy atom. The Bertz CT molecular complexity index is 963. The molecule has 112 valence electrons. The molecule has 3 aromatic rings. The minimum absolute atomic E-state index is 0.000735. The fourth-order valence-electron chi connectivity index (χ4n) is 2.08. The average Bonchev–Trinajstić information content (AvgIpc) is 2.91. The summed E-state index contributed by atoms with van der Waals surface area (Å²) in [5, 5.41) is 9.40. The third kappa shape index (κ3) is 2.51. The maximum atomic E-state index is 12.5. The normalized spacial score (nSPS) is 11.5. The number of aromatic carboxylic acids is 1. The molecular weight excluding hydrogens is 306 g/mol. The fourth-order valence-corrected chi connectivity index (χ4v) is 3.29. The van der Waals surface area contributed by atoms with Gasteiger partial charge in [0.25, 0.3) is 10.0 Å². The molecule has 0 spiro atoms. The van der Waals surface area contributed by atoms with Crippen molar-refractivity contribution < 1.29 is 18.3 Å². The van der Waals surface area contributed by atoms with Gasteiger partial charge in [-0.25, -0.2) is 18.2 Å². The Labute approximate surface area is 125 Å². The summed E-state index contributed by atoms with van der Waals surface area (Å²) < 4.78 is 27.3. The maximum Gasteiger partial charge on any atom is 0.335 e. The van der Waals surface area contributed by atoms with E-state index >= 15 is 0 Å². The SMILES string of the molecule is O=C(O)c1cccc(NS(=O)(=O)c2c[nH]c3ncccc23)c1. The van der Waals surface area contributed by atoms with Crippen LogP contribution in [0.4, 0.5) is 5.69 Å². The molecule has 8 heteroatoms. The number of carboxylic acid groups (broad SMARTS) is 1. The maximum absolute atomic E-state index is 12.5. The minimum atomic E-state index is -3.85. The van der Waals surface area contributed by atoms with E-state index in [-0.39, 0.29) is 16.1 Å². The number of aromatic nitrogens is 2. The van der Waals surface area contributed by atoms with Gasteiger partial charge in [0.2, 0.25) is 0 Å². The lowest BCUT2D eigenvalue weighted by molar-refractivity contribution is 0.0697. The predicted molar refractivity (Wildman–Crippen MR) is 80.3 cm³/mol. The van der Waals surface area contributed by atoms with Crippen LogP contribution in [0.25, 0.3) is 11.0 Å². The van der Waals surface area contributed by atoms with Crippen LogP contribution in [-0.4, -0.2) is 29.5 Å². The molecule has 1 aromatic carbocycles. The molecule has 0 amide bonds. The Morgan fingerprint density at radius 2 is 2.05 bits per heavy atom. The molecule has 2 aromatic heterocycles. The second kappa shape index (κ2) is 5.15. The number of nitrogens with zero attached hydrogens (tertiary/aromatic N) is 1. The summed E-state index contributed by atoms with van der Waals surface area (Å²) in [6.45, 7) is 0. The van der Waals surface area contributed by atoms with Gasteiger partial charge < -0.3 is 10.1 Å². The molecule has 0 aliphatic carbocycles. The van der Waals surface area contributed by atoms with Crippen molar-refractivity contribution >= 4 is 32.7 Å². The van der Waals surface area contributed by atoms with E-state index < -0.39 is 16.0 Å². The zero-order valence-corrected chi connectivity index (χ0v) is 12.0. The number of aromatic amines is 1. The number of hydrogen-bond donors (Lipinski definition) is 3. The van der Waals surface area contributed by atoms with Crippen molar-refractivity contribution in [3.63, 3.8) is 0 Å².